The fraction of sp³-hybridized carbons (Fsp3) is 0.712. The fourth-order valence-corrected chi connectivity index (χ4v) is 8.37. The van der Waals surface area contributed by atoms with Crippen LogP contribution in [0.15, 0.2) is 97.2 Å². The third-order valence-electron chi connectivity index (χ3n) is 12.8. The minimum atomic E-state index is -0.780. The van der Waals surface area contributed by atoms with Gasteiger partial charge in [-0.1, -0.05) is 266 Å². The standard InChI is InChI=1S/C66H112O6/c1-4-7-10-13-16-19-21-23-25-27-29-31-33-35-37-39-41-43-45-47-50-53-56-59-65(68)71-62-63(61-70-64(67)58-55-52-49-18-15-12-9-6-3)72-66(69)60-57-54-51-48-46-44-42-40-38-36-34-32-30-28-26-24-22-20-17-14-11-8-5-2/h7-8,10-11,16-17,19-20,23-26,29-32,63H,4-6,9,12-15,18,21-22,27-28,33-62H2,1-3H3/b10-7-,11-8-,19-16-,20-17-,25-23-,26-24-,31-29-,32-30-. The molecule has 0 rings (SSSR count). The molecule has 6 heteroatoms. The number of hydrogen-bond acceptors (Lipinski definition) is 6. The summed E-state index contributed by atoms with van der Waals surface area (Å²) >= 11 is 0. The summed E-state index contributed by atoms with van der Waals surface area (Å²) in [4.78, 5) is 38.1. The Hall–Kier alpha value is -3.67. The molecule has 72 heavy (non-hydrogen) atoms. The molecule has 0 fully saturated rings. The van der Waals surface area contributed by atoms with Crippen molar-refractivity contribution in [1.29, 1.82) is 0 Å². The van der Waals surface area contributed by atoms with Crippen LogP contribution in [0.1, 0.15) is 284 Å². The molecule has 0 saturated carbocycles. The Balaban J connectivity index is 4.22. The quantitative estimate of drug-likeness (QED) is 0.0261. The van der Waals surface area contributed by atoms with Crippen LogP contribution in [0.3, 0.4) is 0 Å². The Kier molecular flexibility index (Phi) is 56.8. The number of ether oxygens (including phenoxy) is 3. The average molecular weight is 1000 g/mol. The summed E-state index contributed by atoms with van der Waals surface area (Å²) in [6.45, 7) is 6.40. The van der Waals surface area contributed by atoms with Crippen LogP contribution >= 0.6 is 0 Å². The van der Waals surface area contributed by atoms with Gasteiger partial charge in [0.25, 0.3) is 0 Å². The van der Waals surface area contributed by atoms with Gasteiger partial charge in [0.1, 0.15) is 13.2 Å². The lowest BCUT2D eigenvalue weighted by molar-refractivity contribution is -0.167. The normalized spacial score (nSPS) is 12.8. The molecule has 6 nitrogen and oxygen atoms in total. The Morgan fingerprint density at radius 2 is 0.542 bits per heavy atom. The predicted octanol–water partition coefficient (Wildman–Crippen LogP) is 20.5. The van der Waals surface area contributed by atoms with Crippen molar-refractivity contribution in [3.63, 3.8) is 0 Å². The summed E-state index contributed by atoms with van der Waals surface area (Å²) < 4.78 is 16.8. The van der Waals surface area contributed by atoms with Crippen molar-refractivity contribution in [3.05, 3.63) is 97.2 Å². The minimum absolute atomic E-state index is 0.0788. The van der Waals surface area contributed by atoms with E-state index in [2.05, 4.69) is 118 Å². The zero-order valence-corrected chi connectivity index (χ0v) is 47.2. The smallest absolute Gasteiger partial charge is 0.306 e. The number of carbonyl (C=O) groups is 3. The van der Waals surface area contributed by atoms with Crippen molar-refractivity contribution in [2.75, 3.05) is 13.2 Å². The van der Waals surface area contributed by atoms with Crippen LogP contribution in [0.2, 0.25) is 0 Å². The topological polar surface area (TPSA) is 78.9 Å². The fourth-order valence-electron chi connectivity index (χ4n) is 8.37. The molecule has 0 amide bonds. The molecule has 0 radical (unpaired) electrons. The zero-order valence-electron chi connectivity index (χ0n) is 47.2. The first-order valence-corrected chi connectivity index (χ1v) is 30.2. The molecule has 0 aromatic rings. The molecule has 0 aliphatic rings. The Morgan fingerprint density at radius 1 is 0.292 bits per heavy atom. The SMILES string of the molecule is CC/C=C\C/C=C\C/C=C\C/C=C\CCCCCCCCCCCCC(=O)OCC(COC(=O)CCCCCCCCCC)OC(=O)CCCCCCCCCCCC/C=C\C/C=C\C/C=C\C/C=C\CC. The first-order chi connectivity index (χ1) is 35.5. The van der Waals surface area contributed by atoms with Crippen molar-refractivity contribution in [2.24, 2.45) is 0 Å². The molecular formula is C66H112O6. The maximum Gasteiger partial charge on any atom is 0.306 e. The van der Waals surface area contributed by atoms with Gasteiger partial charge in [0, 0.05) is 19.3 Å². The van der Waals surface area contributed by atoms with Crippen LogP contribution in [0.5, 0.6) is 0 Å². The lowest BCUT2D eigenvalue weighted by atomic mass is 10.0. The number of carbonyl (C=O) groups excluding carboxylic acids is 3. The molecule has 0 spiro atoms. The second-order valence-electron chi connectivity index (χ2n) is 19.9. The molecule has 412 valence electrons. The van der Waals surface area contributed by atoms with E-state index in [-0.39, 0.29) is 31.1 Å². The van der Waals surface area contributed by atoms with Gasteiger partial charge in [-0.05, 0) is 96.3 Å². The highest BCUT2D eigenvalue weighted by Gasteiger charge is 2.19. The monoisotopic (exact) mass is 1000 g/mol. The molecule has 0 aromatic heterocycles. The largest absolute Gasteiger partial charge is 0.462 e. The summed E-state index contributed by atoms with van der Waals surface area (Å²) in [7, 11) is 0. The van der Waals surface area contributed by atoms with Gasteiger partial charge >= 0.3 is 17.9 Å². The van der Waals surface area contributed by atoms with E-state index in [0.29, 0.717) is 19.3 Å². The first-order valence-electron chi connectivity index (χ1n) is 30.2. The zero-order chi connectivity index (χ0) is 52.2. The van der Waals surface area contributed by atoms with Gasteiger partial charge in [0.2, 0.25) is 0 Å². The Labute approximate surface area is 445 Å². The molecule has 0 bridgehead atoms. The number of esters is 3. The van der Waals surface area contributed by atoms with Crippen molar-refractivity contribution < 1.29 is 28.6 Å². The molecule has 0 aromatic carbocycles. The predicted molar refractivity (Wildman–Crippen MR) is 311 cm³/mol. The van der Waals surface area contributed by atoms with Crippen LogP contribution in [0.4, 0.5) is 0 Å². The average Bonchev–Trinajstić information content (AvgIpc) is 3.38. The van der Waals surface area contributed by atoms with Crippen LogP contribution in [-0.2, 0) is 28.6 Å². The van der Waals surface area contributed by atoms with Gasteiger partial charge in [-0.15, -0.1) is 0 Å². The number of rotatable bonds is 54. The summed E-state index contributed by atoms with van der Waals surface area (Å²) in [6.07, 6.45) is 79.9. The molecule has 1 atom stereocenters. The van der Waals surface area contributed by atoms with E-state index in [1.807, 2.05) is 0 Å². The molecule has 0 saturated heterocycles. The molecular weight excluding hydrogens is 889 g/mol. The number of allylic oxidation sites excluding steroid dienone is 16. The maximum absolute atomic E-state index is 12.9. The highest BCUT2D eigenvalue weighted by molar-refractivity contribution is 5.71. The highest BCUT2D eigenvalue weighted by atomic mass is 16.6. The molecule has 1 unspecified atom stereocenters. The van der Waals surface area contributed by atoms with E-state index in [1.54, 1.807) is 0 Å². The molecule has 0 heterocycles. The van der Waals surface area contributed by atoms with E-state index in [4.69, 9.17) is 14.2 Å². The van der Waals surface area contributed by atoms with Gasteiger partial charge in [-0.2, -0.15) is 0 Å². The van der Waals surface area contributed by atoms with Gasteiger partial charge < -0.3 is 14.2 Å². The highest BCUT2D eigenvalue weighted by Crippen LogP contribution is 2.16. The van der Waals surface area contributed by atoms with E-state index in [9.17, 15) is 14.4 Å². The third-order valence-corrected chi connectivity index (χ3v) is 12.8. The van der Waals surface area contributed by atoms with Crippen molar-refractivity contribution in [3.8, 4) is 0 Å². The molecule has 0 aliphatic carbocycles. The van der Waals surface area contributed by atoms with Gasteiger partial charge in [-0.25, -0.2) is 0 Å². The van der Waals surface area contributed by atoms with Gasteiger partial charge in [0.15, 0.2) is 6.10 Å². The molecule has 0 aliphatic heterocycles. The van der Waals surface area contributed by atoms with Crippen LogP contribution < -0.4 is 0 Å². The summed E-state index contributed by atoms with van der Waals surface area (Å²) in [6, 6.07) is 0. The second kappa shape index (κ2) is 59.9. The maximum atomic E-state index is 12.9. The third kappa shape index (κ3) is 57.2. The first kappa shape index (κ1) is 68.3. The van der Waals surface area contributed by atoms with Crippen molar-refractivity contribution in [2.45, 2.75) is 290 Å². The lowest BCUT2D eigenvalue weighted by Crippen LogP contribution is -2.30. The molecule has 0 N–H and O–H groups in total. The lowest BCUT2D eigenvalue weighted by Gasteiger charge is -2.18. The second-order valence-corrected chi connectivity index (χ2v) is 19.9. The number of unbranched alkanes of at least 4 members (excludes halogenated alkanes) is 27. The summed E-state index contributed by atoms with van der Waals surface area (Å²) in [5.74, 6) is -0.886. The van der Waals surface area contributed by atoms with Crippen LogP contribution in [0.25, 0.3) is 0 Å². The summed E-state index contributed by atoms with van der Waals surface area (Å²) in [5.41, 5.74) is 0. The number of hydrogen-bond donors (Lipinski definition) is 0. The van der Waals surface area contributed by atoms with E-state index in [0.717, 1.165) is 109 Å². The Morgan fingerprint density at radius 3 is 0.847 bits per heavy atom. The van der Waals surface area contributed by atoms with Crippen molar-refractivity contribution >= 4 is 17.9 Å². The van der Waals surface area contributed by atoms with E-state index in [1.165, 1.54) is 135 Å². The Bertz CT molecular complexity index is 1430. The van der Waals surface area contributed by atoms with Gasteiger partial charge in [-0.3, -0.25) is 14.4 Å². The van der Waals surface area contributed by atoms with E-state index >= 15 is 0 Å². The minimum Gasteiger partial charge on any atom is -0.462 e. The van der Waals surface area contributed by atoms with Crippen LogP contribution in [0, 0.1) is 0 Å². The van der Waals surface area contributed by atoms with E-state index < -0.39 is 6.10 Å². The van der Waals surface area contributed by atoms with Crippen molar-refractivity contribution in [1.82, 2.24) is 0 Å². The van der Waals surface area contributed by atoms with Crippen LogP contribution in [-0.4, -0.2) is 37.2 Å². The summed E-state index contributed by atoms with van der Waals surface area (Å²) in [5, 5.41) is 0. The van der Waals surface area contributed by atoms with Gasteiger partial charge in [0.05, 0.1) is 0 Å².